The molecule has 8 nitrogen and oxygen atoms in total. The zero-order valence-corrected chi connectivity index (χ0v) is 19.8. The summed E-state index contributed by atoms with van der Waals surface area (Å²) in [5.41, 5.74) is 1.59. The van der Waals surface area contributed by atoms with Gasteiger partial charge in [0.05, 0.1) is 19.8 Å². The van der Waals surface area contributed by atoms with Gasteiger partial charge >= 0.3 is 5.97 Å². The Kier molecular flexibility index (Phi) is 8.49. The Labute approximate surface area is 194 Å². The molecule has 0 radical (unpaired) electrons. The van der Waals surface area contributed by atoms with Gasteiger partial charge in [-0.25, -0.2) is 9.78 Å². The molecule has 3 atom stereocenters. The Hall–Kier alpha value is -2.87. The van der Waals surface area contributed by atoms with Crippen molar-refractivity contribution in [3.8, 4) is 17.2 Å². The standard InChI is InChI=1S/C25H34N2O6/c1-5-21-20(26-24(33-21)17-9-7-10-18(13-17)31-4)14-32-19-11-6-8-16(12-19)23(28)27-22(15(2)3)25(29)30/h7,9-10,13,15-16,19,22H,5-6,8,11-12,14H2,1-4H3,(H,27,28)(H,29,30)/t16-,19+,22?/m1/s1. The third-order valence-electron chi connectivity index (χ3n) is 6.10. The highest BCUT2D eigenvalue weighted by Gasteiger charge is 2.32. The van der Waals surface area contributed by atoms with E-state index in [1.807, 2.05) is 31.2 Å². The molecule has 1 unspecified atom stereocenters. The summed E-state index contributed by atoms with van der Waals surface area (Å²) in [5.74, 6) is 0.390. The fraction of sp³-hybridized carbons (Fsp3) is 0.560. The van der Waals surface area contributed by atoms with Crippen LogP contribution < -0.4 is 10.1 Å². The highest BCUT2D eigenvalue weighted by Crippen LogP contribution is 2.30. The summed E-state index contributed by atoms with van der Waals surface area (Å²) in [4.78, 5) is 28.8. The molecule has 1 heterocycles. The molecule has 0 spiro atoms. The number of hydrogen-bond acceptors (Lipinski definition) is 6. The van der Waals surface area contributed by atoms with Crippen molar-refractivity contribution in [2.45, 2.75) is 71.6 Å². The van der Waals surface area contributed by atoms with Crippen molar-refractivity contribution in [2.24, 2.45) is 11.8 Å². The minimum absolute atomic E-state index is 0.0847. The van der Waals surface area contributed by atoms with Crippen LogP contribution in [0.4, 0.5) is 0 Å². The van der Waals surface area contributed by atoms with Crippen molar-refractivity contribution in [2.75, 3.05) is 7.11 Å². The normalized spacial score (nSPS) is 19.3. The molecule has 2 N–H and O–H groups in total. The van der Waals surface area contributed by atoms with Crippen molar-refractivity contribution in [1.29, 1.82) is 0 Å². The number of carbonyl (C=O) groups excluding carboxylic acids is 1. The molecule has 1 aliphatic carbocycles. The van der Waals surface area contributed by atoms with E-state index >= 15 is 0 Å². The number of ether oxygens (including phenoxy) is 2. The van der Waals surface area contributed by atoms with E-state index in [0.29, 0.717) is 25.3 Å². The highest BCUT2D eigenvalue weighted by molar-refractivity contribution is 5.85. The predicted molar refractivity (Wildman–Crippen MR) is 123 cm³/mol. The van der Waals surface area contributed by atoms with Crippen molar-refractivity contribution in [3.63, 3.8) is 0 Å². The van der Waals surface area contributed by atoms with E-state index in [9.17, 15) is 14.7 Å². The lowest BCUT2D eigenvalue weighted by molar-refractivity contribution is -0.144. The van der Waals surface area contributed by atoms with Gasteiger partial charge in [-0.1, -0.05) is 33.3 Å². The average molecular weight is 459 g/mol. The van der Waals surface area contributed by atoms with Crippen molar-refractivity contribution < 1.29 is 28.6 Å². The molecule has 1 saturated carbocycles. The molecule has 1 aliphatic rings. The van der Waals surface area contributed by atoms with E-state index in [-0.39, 0.29) is 23.8 Å². The number of carbonyl (C=O) groups is 2. The molecule has 0 bridgehead atoms. The maximum atomic E-state index is 12.7. The molecular formula is C25H34N2O6. The molecule has 3 rings (SSSR count). The van der Waals surface area contributed by atoms with Crippen molar-refractivity contribution in [3.05, 3.63) is 35.7 Å². The minimum atomic E-state index is -1.01. The summed E-state index contributed by atoms with van der Waals surface area (Å²) in [6.07, 6.45) is 3.63. The first-order valence-electron chi connectivity index (χ1n) is 11.6. The number of hydrogen-bond donors (Lipinski definition) is 2. The summed E-state index contributed by atoms with van der Waals surface area (Å²) >= 11 is 0. The second-order valence-electron chi connectivity index (χ2n) is 8.84. The summed E-state index contributed by atoms with van der Waals surface area (Å²) in [6, 6.07) is 6.68. The number of nitrogens with one attached hydrogen (secondary N) is 1. The second kappa shape index (κ2) is 11.3. The molecule has 180 valence electrons. The van der Waals surface area contributed by atoms with Crippen LogP contribution in [-0.2, 0) is 27.4 Å². The minimum Gasteiger partial charge on any atom is -0.497 e. The zero-order chi connectivity index (χ0) is 24.0. The smallest absolute Gasteiger partial charge is 0.326 e. The van der Waals surface area contributed by atoms with Gasteiger partial charge in [-0.3, -0.25) is 4.79 Å². The van der Waals surface area contributed by atoms with Gasteiger partial charge in [0.25, 0.3) is 0 Å². The van der Waals surface area contributed by atoms with Gasteiger partial charge in [0.2, 0.25) is 11.8 Å². The van der Waals surface area contributed by atoms with Gasteiger partial charge in [-0.05, 0) is 43.4 Å². The highest BCUT2D eigenvalue weighted by atomic mass is 16.5. The summed E-state index contributed by atoms with van der Waals surface area (Å²) in [7, 11) is 1.62. The lowest BCUT2D eigenvalue weighted by Gasteiger charge is -2.29. The van der Waals surface area contributed by atoms with Gasteiger partial charge in [0.15, 0.2) is 0 Å². The average Bonchev–Trinajstić information content (AvgIpc) is 3.24. The molecule has 0 aliphatic heterocycles. The van der Waals surface area contributed by atoms with Gasteiger partial charge in [0, 0.05) is 17.9 Å². The van der Waals surface area contributed by atoms with Crippen LogP contribution in [-0.4, -0.2) is 41.2 Å². The van der Waals surface area contributed by atoms with E-state index < -0.39 is 12.0 Å². The van der Waals surface area contributed by atoms with E-state index in [2.05, 4.69) is 10.3 Å². The largest absolute Gasteiger partial charge is 0.497 e. The molecule has 0 saturated heterocycles. The lowest BCUT2D eigenvalue weighted by atomic mass is 9.86. The maximum absolute atomic E-state index is 12.7. The number of carboxylic acid groups (broad SMARTS) is 1. The first-order chi connectivity index (χ1) is 15.8. The van der Waals surface area contributed by atoms with Crippen LogP contribution in [0.1, 0.15) is 57.9 Å². The fourth-order valence-corrected chi connectivity index (χ4v) is 4.17. The Morgan fingerprint density at radius 1 is 1.30 bits per heavy atom. The third kappa shape index (κ3) is 6.35. The number of benzene rings is 1. The SMILES string of the molecule is CCc1oc(-c2cccc(OC)c2)nc1CO[C@H]1CCC[C@@H](C(=O)NC(C(=O)O)C(C)C)C1. The number of rotatable bonds is 10. The molecule has 1 aromatic carbocycles. The van der Waals surface area contributed by atoms with Crippen LogP contribution in [0.25, 0.3) is 11.5 Å². The quantitative estimate of drug-likeness (QED) is 0.548. The monoisotopic (exact) mass is 458 g/mol. The number of oxazole rings is 1. The Morgan fingerprint density at radius 2 is 2.09 bits per heavy atom. The first kappa shape index (κ1) is 24.8. The number of methoxy groups -OCH3 is 1. The summed E-state index contributed by atoms with van der Waals surface area (Å²) in [6.45, 7) is 5.89. The van der Waals surface area contributed by atoms with Gasteiger partial charge in [-0.15, -0.1) is 0 Å². The number of carboxylic acids is 1. The Bertz CT molecular complexity index is 954. The van der Waals surface area contributed by atoms with Gasteiger partial charge in [-0.2, -0.15) is 0 Å². The molecule has 1 amide bonds. The summed E-state index contributed by atoms with van der Waals surface area (Å²) in [5, 5.41) is 12.1. The van der Waals surface area contributed by atoms with Crippen LogP contribution in [0.15, 0.2) is 28.7 Å². The first-order valence-corrected chi connectivity index (χ1v) is 11.6. The molecule has 8 heteroatoms. The van der Waals surface area contributed by atoms with E-state index in [1.165, 1.54) is 0 Å². The molecular weight excluding hydrogens is 424 g/mol. The molecule has 2 aromatic rings. The second-order valence-corrected chi connectivity index (χ2v) is 8.84. The third-order valence-corrected chi connectivity index (χ3v) is 6.10. The molecule has 33 heavy (non-hydrogen) atoms. The topological polar surface area (TPSA) is 111 Å². The van der Waals surface area contributed by atoms with E-state index in [0.717, 1.165) is 42.0 Å². The van der Waals surface area contributed by atoms with Crippen LogP contribution >= 0.6 is 0 Å². The van der Waals surface area contributed by atoms with Crippen LogP contribution in [0, 0.1) is 11.8 Å². The summed E-state index contributed by atoms with van der Waals surface area (Å²) < 4.78 is 17.4. The van der Waals surface area contributed by atoms with Crippen LogP contribution in [0.5, 0.6) is 5.75 Å². The van der Waals surface area contributed by atoms with E-state index in [4.69, 9.17) is 13.9 Å². The Balaban J connectivity index is 1.62. The van der Waals surface area contributed by atoms with Crippen LogP contribution in [0.3, 0.4) is 0 Å². The number of aliphatic carboxylic acids is 1. The number of nitrogens with zero attached hydrogens (tertiary/aromatic N) is 1. The van der Waals surface area contributed by atoms with Crippen LogP contribution in [0.2, 0.25) is 0 Å². The zero-order valence-electron chi connectivity index (χ0n) is 19.8. The predicted octanol–water partition coefficient (Wildman–Crippen LogP) is 4.21. The number of aryl methyl sites for hydroxylation is 1. The fourth-order valence-electron chi connectivity index (χ4n) is 4.17. The van der Waals surface area contributed by atoms with Gasteiger partial charge < -0.3 is 24.3 Å². The molecule has 1 fully saturated rings. The maximum Gasteiger partial charge on any atom is 0.326 e. The number of amides is 1. The number of aromatic nitrogens is 1. The van der Waals surface area contributed by atoms with E-state index in [1.54, 1.807) is 21.0 Å². The van der Waals surface area contributed by atoms with Crippen molar-refractivity contribution in [1.82, 2.24) is 10.3 Å². The Morgan fingerprint density at radius 3 is 2.76 bits per heavy atom. The van der Waals surface area contributed by atoms with Crippen molar-refractivity contribution >= 4 is 11.9 Å². The molecule has 1 aromatic heterocycles. The lowest BCUT2D eigenvalue weighted by Crippen LogP contribution is -2.47. The van der Waals surface area contributed by atoms with Gasteiger partial charge in [0.1, 0.15) is 23.2 Å².